The lowest BCUT2D eigenvalue weighted by atomic mass is 10.1. The Morgan fingerprint density at radius 1 is 1.25 bits per heavy atom. The first kappa shape index (κ1) is 12.4. The second-order valence-corrected chi connectivity index (χ2v) is 4.63. The fraction of sp³-hybridized carbons (Fsp3) is 0.125. The SMILES string of the molecule is N#Cc1cccc(Cn2cc(CO)c3cccnc32)c1. The van der Waals surface area contributed by atoms with Crippen molar-refractivity contribution >= 4 is 11.0 Å². The number of hydrogen-bond acceptors (Lipinski definition) is 3. The monoisotopic (exact) mass is 263 g/mol. The molecule has 0 amide bonds. The van der Waals surface area contributed by atoms with E-state index in [0.29, 0.717) is 12.1 Å². The molecule has 3 rings (SSSR count). The topological polar surface area (TPSA) is 61.8 Å². The van der Waals surface area contributed by atoms with E-state index in [2.05, 4.69) is 11.1 Å². The van der Waals surface area contributed by atoms with Crippen LogP contribution in [0.2, 0.25) is 0 Å². The van der Waals surface area contributed by atoms with E-state index < -0.39 is 0 Å². The van der Waals surface area contributed by atoms with Gasteiger partial charge in [0.15, 0.2) is 0 Å². The van der Waals surface area contributed by atoms with Gasteiger partial charge in [0.2, 0.25) is 0 Å². The first-order chi connectivity index (χ1) is 9.81. The van der Waals surface area contributed by atoms with Crippen molar-refractivity contribution in [2.24, 2.45) is 0 Å². The molecule has 0 atom stereocenters. The Kier molecular flexibility index (Phi) is 3.20. The number of nitrogens with zero attached hydrogens (tertiary/aromatic N) is 3. The molecule has 0 saturated heterocycles. The molecule has 1 N–H and O–H groups in total. The second kappa shape index (κ2) is 5.16. The number of aliphatic hydroxyl groups is 1. The molecule has 0 fully saturated rings. The molecule has 4 heteroatoms. The average Bonchev–Trinajstić information content (AvgIpc) is 2.86. The minimum Gasteiger partial charge on any atom is -0.392 e. The normalized spacial score (nSPS) is 10.6. The molecule has 4 nitrogen and oxygen atoms in total. The molecule has 0 aliphatic rings. The van der Waals surface area contributed by atoms with Crippen LogP contribution in [-0.2, 0) is 13.2 Å². The van der Waals surface area contributed by atoms with Crippen LogP contribution in [-0.4, -0.2) is 14.7 Å². The highest BCUT2D eigenvalue weighted by Crippen LogP contribution is 2.20. The predicted molar refractivity (Wildman–Crippen MR) is 75.9 cm³/mol. The lowest BCUT2D eigenvalue weighted by Gasteiger charge is -2.05. The number of nitriles is 1. The van der Waals surface area contributed by atoms with Crippen LogP contribution in [0, 0.1) is 11.3 Å². The molecule has 20 heavy (non-hydrogen) atoms. The highest BCUT2D eigenvalue weighted by molar-refractivity contribution is 5.80. The summed E-state index contributed by atoms with van der Waals surface area (Å²) in [5.74, 6) is 0. The zero-order valence-electron chi connectivity index (χ0n) is 10.8. The van der Waals surface area contributed by atoms with Gasteiger partial charge in [-0.05, 0) is 29.8 Å². The van der Waals surface area contributed by atoms with E-state index in [-0.39, 0.29) is 6.61 Å². The molecule has 0 unspecified atom stereocenters. The largest absolute Gasteiger partial charge is 0.392 e. The lowest BCUT2D eigenvalue weighted by molar-refractivity contribution is 0.283. The van der Waals surface area contributed by atoms with E-state index in [1.165, 1.54) is 0 Å². The van der Waals surface area contributed by atoms with E-state index in [0.717, 1.165) is 22.2 Å². The predicted octanol–water partition coefficient (Wildman–Crippen LogP) is 2.45. The van der Waals surface area contributed by atoms with Crippen molar-refractivity contribution in [3.05, 3.63) is 65.5 Å². The van der Waals surface area contributed by atoms with Crippen molar-refractivity contribution in [2.45, 2.75) is 13.2 Å². The third kappa shape index (κ3) is 2.15. The van der Waals surface area contributed by atoms with Crippen LogP contribution >= 0.6 is 0 Å². The minimum absolute atomic E-state index is 0.00652. The molecule has 0 radical (unpaired) electrons. The molecule has 0 spiro atoms. The maximum Gasteiger partial charge on any atom is 0.140 e. The Morgan fingerprint density at radius 2 is 2.15 bits per heavy atom. The van der Waals surface area contributed by atoms with Gasteiger partial charge in [-0.15, -0.1) is 0 Å². The van der Waals surface area contributed by atoms with E-state index >= 15 is 0 Å². The molecule has 0 aliphatic heterocycles. The highest BCUT2D eigenvalue weighted by atomic mass is 16.3. The fourth-order valence-electron chi connectivity index (χ4n) is 2.38. The Hall–Kier alpha value is -2.64. The van der Waals surface area contributed by atoms with Gasteiger partial charge < -0.3 is 9.67 Å². The molecule has 0 bridgehead atoms. The Balaban J connectivity index is 2.04. The van der Waals surface area contributed by atoms with Gasteiger partial charge in [0.1, 0.15) is 5.65 Å². The molecule has 98 valence electrons. The van der Waals surface area contributed by atoms with Crippen molar-refractivity contribution in [2.75, 3.05) is 0 Å². The van der Waals surface area contributed by atoms with Crippen molar-refractivity contribution in [3.8, 4) is 6.07 Å². The van der Waals surface area contributed by atoms with Crippen molar-refractivity contribution in [1.29, 1.82) is 5.26 Å². The summed E-state index contributed by atoms with van der Waals surface area (Å²) in [6.07, 6.45) is 3.66. The zero-order valence-corrected chi connectivity index (χ0v) is 10.8. The van der Waals surface area contributed by atoms with Crippen molar-refractivity contribution in [1.82, 2.24) is 9.55 Å². The highest BCUT2D eigenvalue weighted by Gasteiger charge is 2.08. The number of rotatable bonds is 3. The number of hydrogen-bond donors (Lipinski definition) is 1. The number of benzene rings is 1. The molecular formula is C16H13N3O. The Labute approximate surface area is 116 Å². The number of fused-ring (bicyclic) bond motifs is 1. The molecular weight excluding hydrogens is 250 g/mol. The fourth-order valence-corrected chi connectivity index (χ4v) is 2.38. The van der Waals surface area contributed by atoms with Gasteiger partial charge in [-0.3, -0.25) is 0 Å². The van der Waals surface area contributed by atoms with Crippen LogP contribution in [0.1, 0.15) is 16.7 Å². The lowest BCUT2D eigenvalue weighted by Crippen LogP contribution is -1.99. The van der Waals surface area contributed by atoms with Crippen molar-refractivity contribution in [3.63, 3.8) is 0 Å². The van der Waals surface area contributed by atoms with E-state index in [1.54, 1.807) is 12.3 Å². The summed E-state index contributed by atoms with van der Waals surface area (Å²) in [6.45, 7) is 0.621. The summed E-state index contributed by atoms with van der Waals surface area (Å²) < 4.78 is 2.00. The summed E-state index contributed by atoms with van der Waals surface area (Å²) in [6, 6.07) is 13.5. The van der Waals surface area contributed by atoms with Crippen LogP contribution in [0.5, 0.6) is 0 Å². The summed E-state index contributed by atoms with van der Waals surface area (Å²) in [5.41, 5.74) is 3.40. The van der Waals surface area contributed by atoms with Crippen LogP contribution in [0.25, 0.3) is 11.0 Å². The van der Waals surface area contributed by atoms with Gasteiger partial charge in [0.25, 0.3) is 0 Å². The average molecular weight is 263 g/mol. The first-order valence-corrected chi connectivity index (χ1v) is 6.34. The van der Waals surface area contributed by atoms with Gasteiger partial charge >= 0.3 is 0 Å². The molecule has 3 aromatic rings. The van der Waals surface area contributed by atoms with E-state index in [1.807, 2.05) is 41.1 Å². The summed E-state index contributed by atoms with van der Waals surface area (Å²) in [5, 5.41) is 19.3. The van der Waals surface area contributed by atoms with Crippen LogP contribution in [0.4, 0.5) is 0 Å². The molecule has 2 aromatic heterocycles. The Bertz CT molecular complexity index is 799. The van der Waals surface area contributed by atoms with Crippen molar-refractivity contribution < 1.29 is 5.11 Å². The standard InChI is InChI=1S/C16H13N3O/c17-8-12-3-1-4-13(7-12)9-19-10-14(11-20)15-5-2-6-18-16(15)19/h1-7,10,20H,9,11H2. The second-order valence-electron chi connectivity index (χ2n) is 4.63. The first-order valence-electron chi connectivity index (χ1n) is 6.34. The summed E-state index contributed by atoms with van der Waals surface area (Å²) >= 11 is 0. The molecule has 0 aliphatic carbocycles. The number of aromatic nitrogens is 2. The Morgan fingerprint density at radius 3 is 2.95 bits per heavy atom. The third-order valence-corrected chi connectivity index (χ3v) is 3.30. The summed E-state index contributed by atoms with van der Waals surface area (Å²) in [4.78, 5) is 4.38. The van der Waals surface area contributed by atoms with E-state index in [9.17, 15) is 5.11 Å². The van der Waals surface area contributed by atoms with Gasteiger partial charge in [-0.25, -0.2) is 4.98 Å². The van der Waals surface area contributed by atoms with E-state index in [4.69, 9.17) is 5.26 Å². The maximum absolute atomic E-state index is 9.41. The maximum atomic E-state index is 9.41. The zero-order chi connectivity index (χ0) is 13.9. The van der Waals surface area contributed by atoms with Crippen LogP contribution in [0.15, 0.2) is 48.8 Å². The third-order valence-electron chi connectivity index (χ3n) is 3.30. The van der Waals surface area contributed by atoms with Gasteiger partial charge in [-0.2, -0.15) is 5.26 Å². The number of pyridine rings is 1. The smallest absolute Gasteiger partial charge is 0.140 e. The summed E-state index contributed by atoms with van der Waals surface area (Å²) in [7, 11) is 0. The van der Waals surface area contributed by atoms with Crippen LogP contribution < -0.4 is 0 Å². The minimum atomic E-state index is -0.00652. The molecule has 2 heterocycles. The molecule has 0 saturated carbocycles. The van der Waals surface area contributed by atoms with Gasteiger partial charge in [0.05, 0.1) is 18.2 Å². The quantitative estimate of drug-likeness (QED) is 0.789. The van der Waals surface area contributed by atoms with Gasteiger partial charge in [0, 0.05) is 29.9 Å². The molecule has 1 aromatic carbocycles. The van der Waals surface area contributed by atoms with Gasteiger partial charge in [-0.1, -0.05) is 12.1 Å². The van der Waals surface area contributed by atoms with Crippen LogP contribution in [0.3, 0.4) is 0 Å². The number of aliphatic hydroxyl groups excluding tert-OH is 1.